The van der Waals surface area contributed by atoms with Crippen LogP contribution in [0.15, 0.2) is 73.4 Å². The van der Waals surface area contributed by atoms with Crippen LogP contribution in [0.5, 0.6) is 0 Å². The van der Waals surface area contributed by atoms with Crippen molar-refractivity contribution < 1.29 is 34.1 Å². The number of alkyl carbamates (subject to hydrolysis) is 2. The molecule has 0 aliphatic carbocycles. The number of ether oxygens (including phenoxy) is 2. The molecule has 9 nitrogen and oxygen atoms in total. The van der Waals surface area contributed by atoms with Gasteiger partial charge in [0.15, 0.2) is 6.04 Å². The van der Waals surface area contributed by atoms with E-state index < -0.39 is 30.8 Å². The molecule has 0 aliphatic rings. The molecule has 2 aromatic rings. The molecule has 0 aromatic heterocycles. The number of aliphatic hydroxyl groups is 1. The number of rotatable bonds is 8. The minimum Gasteiger partial charge on any atom is -0.480 e. The number of carboxylic acid groups (broad SMARTS) is 1. The van der Waals surface area contributed by atoms with Crippen molar-refractivity contribution in [3.8, 4) is 0 Å². The Labute approximate surface area is 173 Å². The van der Waals surface area contributed by atoms with Gasteiger partial charge in [-0.2, -0.15) is 0 Å². The average Bonchev–Trinajstić information content (AvgIpc) is 2.76. The summed E-state index contributed by atoms with van der Waals surface area (Å²) >= 11 is 0. The maximum Gasteiger partial charge on any atom is 0.411 e. The average molecular weight is 416 g/mol. The Bertz CT molecular complexity index is 798. The number of hydrogen-bond acceptors (Lipinski definition) is 6. The predicted molar refractivity (Wildman–Crippen MR) is 108 cm³/mol. The zero-order chi connectivity index (χ0) is 22.2. The number of nitrogens with one attached hydrogen (secondary N) is 2. The highest BCUT2D eigenvalue weighted by molar-refractivity contribution is 5.79. The summed E-state index contributed by atoms with van der Waals surface area (Å²) < 4.78 is 9.63. The Kier molecular flexibility index (Phi) is 11.4. The van der Waals surface area contributed by atoms with Gasteiger partial charge in [-0.05, 0) is 17.3 Å². The molecule has 0 saturated carbocycles. The first kappa shape index (κ1) is 24.2. The normalized spacial score (nSPS) is 10.4. The van der Waals surface area contributed by atoms with E-state index in [4.69, 9.17) is 19.7 Å². The van der Waals surface area contributed by atoms with Crippen molar-refractivity contribution in [1.29, 1.82) is 0 Å². The molecule has 4 N–H and O–H groups in total. The zero-order valence-electron chi connectivity index (χ0n) is 16.2. The van der Waals surface area contributed by atoms with Crippen molar-refractivity contribution in [3.63, 3.8) is 0 Å². The molecule has 0 bridgehead atoms. The second-order valence-electron chi connectivity index (χ2n) is 5.69. The number of hydrogen-bond donors (Lipinski definition) is 4. The fourth-order valence-corrected chi connectivity index (χ4v) is 1.94. The lowest BCUT2D eigenvalue weighted by Crippen LogP contribution is -2.43. The number of carboxylic acids is 1. The van der Waals surface area contributed by atoms with Crippen LogP contribution in [0.1, 0.15) is 11.1 Å². The number of aliphatic carboxylic acids is 1. The maximum atomic E-state index is 11.2. The summed E-state index contributed by atoms with van der Waals surface area (Å²) in [6.45, 7) is 2.98. The molecule has 0 radical (unpaired) electrons. The highest BCUT2D eigenvalue weighted by atomic mass is 16.6. The molecule has 0 spiro atoms. The van der Waals surface area contributed by atoms with Crippen LogP contribution in [0.4, 0.5) is 9.59 Å². The molecule has 160 valence electrons. The first-order valence-corrected chi connectivity index (χ1v) is 8.85. The molecular weight excluding hydrogens is 392 g/mol. The first-order valence-electron chi connectivity index (χ1n) is 8.85. The smallest absolute Gasteiger partial charge is 0.411 e. The molecule has 0 saturated heterocycles. The molecule has 2 rings (SSSR count). The molecule has 30 heavy (non-hydrogen) atoms. The van der Waals surface area contributed by atoms with Gasteiger partial charge in [0.1, 0.15) is 13.2 Å². The zero-order valence-corrected chi connectivity index (χ0v) is 16.2. The third-order valence-electron chi connectivity index (χ3n) is 3.42. The summed E-state index contributed by atoms with van der Waals surface area (Å²) in [5.41, 5.74) is 1.75. The largest absolute Gasteiger partial charge is 0.480 e. The lowest BCUT2D eigenvalue weighted by atomic mass is 10.2. The van der Waals surface area contributed by atoms with E-state index in [1.165, 1.54) is 6.20 Å². The van der Waals surface area contributed by atoms with Crippen LogP contribution in [0.3, 0.4) is 0 Å². The van der Waals surface area contributed by atoms with Crippen molar-refractivity contribution in [2.24, 2.45) is 0 Å². The van der Waals surface area contributed by atoms with Gasteiger partial charge in [-0.15, -0.1) is 0 Å². The van der Waals surface area contributed by atoms with Crippen LogP contribution in [-0.4, -0.2) is 41.0 Å². The molecule has 9 heteroatoms. The van der Waals surface area contributed by atoms with Gasteiger partial charge in [0.05, 0.1) is 6.61 Å². The molecule has 0 aliphatic heterocycles. The Morgan fingerprint density at radius 2 is 1.37 bits per heavy atom. The molecule has 0 heterocycles. The SMILES string of the molecule is C=CNC(=O)OCc1ccccc1.O=C(N[C@@H](CO)C(=O)O)OCc1ccccc1. The van der Waals surface area contributed by atoms with E-state index in [2.05, 4.69) is 11.9 Å². The minimum atomic E-state index is -1.35. The summed E-state index contributed by atoms with van der Waals surface area (Å²) in [7, 11) is 0. The Morgan fingerprint density at radius 3 is 1.77 bits per heavy atom. The topological polar surface area (TPSA) is 134 Å². The molecule has 2 amide bonds. The van der Waals surface area contributed by atoms with Crippen LogP contribution in [0.2, 0.25) is 0 Å². The van der Waals surface area contributed by atoms with Gasteiger partial charge in [0.2, 0.25) is 0 Å². The van der Waals surface area contributed by atoms with Gasteiger partial charge in [-0.25, -0.2) is 14.4 Å². The van der Waals surface area contributed by atoms with E-state index in [1.807, 2.05) is 41.7 Å². The highest BCUT2D eigenvalue weighted by Crippen LogP contribution is 2.01. The number of amides is 2. The van der Waals surface area contributed by atoms with Gasteiger partial charge in [0.25, 0.3) is 0 Å². The molecule has 2 aromatic carbocycles. The van der Waals surface area contributed by atoms with Gasteiger partial charge in [-0.1, -0.05) is 67.2 Å². The van der Waals surface area contributed by atoms with Crippen molar-refractivity contribution in [2.45, 2.75) is 19.3 Å². The number of carbonyl (C=O) groups excluding carboxylic acids is 2. The summed E-state index contributed by atoms with van der Waals surface area (Å²) in [5, 5.41) is 21.6. The maximum absolute atomic E-state index is 11.2. The van der Waals surface area contributed by atoms with E-state index in [-0.39, 0.29) is 13.2 Å². The second-order valence-corrected chi connectivity index (χ2v) is 5.69. The summed E-state index contributed by atoms with van der Waals surface area (Å²) in [4.78, 5) is 32.5. The number of carbonyl (C=O) groups is 3. The standard InChI is InChI=1S/C11H13NO5.C10H11NO2/c13-6-9(10(14)15)12-11(16)17-7-8-4-2-1-3-5-8;1-2-11-10(12)13-8-9-6-4-3-5-7-9/h1-5,9,13H,6-7H2,(H,12,16)(H,14,15);2-7H,1,8H2,(H,11,12)/t9-;/m0./s1. The summed E-state index contributed by atoms with van der Waals surface area (Å²) in [6, 6.07) is 17.1. The third-order valence-corrected chi connectivity index (χ3v) is 3.42. The predicted octanol–water partition coefficient (Wildman–Crippen LogP) is 2.41. The summed E-state index contributed by atoms with van der Waals surface area (Å²) in [6.07, 6.45) is -0.0815. The molecule has 1 atom stereocenters. The van der Waals surface area contributed by atoms with Crippen LogP contribution < -0.4 is 10.6 Å². The fraction of sp³-hybridized carbons (Fsp3) is 0.190. The number of aliphatic hydroxyl groups excluding tert-OH is 1. The second kappa shape index (κ2) is 14.2. The summed E-state index contributed by atoms with van der Waals surface area (Å²) in [5.74, 6) is -1.32. The van der Waals surface area contributed by atoms with Crippen LogP contribution in [0.25, 0.3) is 0 Å². The Hall–Kier alpha value is -3.85. The van der Waals surface area contributed by atoms with E-state index in [1.54, 1.807) is 24.3 Å². The quantitative estimate of drug-likeness (QED) is 0.519. The monoisotopic (exact) mass is 416 g/mol. The van der Waals surface area contributed by atoms with Crippen LogP contribution >= 0.6 is 0 Å². The van der Waals surface area contributed by atoms with Crippen LogP contribution in [-0.2, 0) is 27.5 Å². The first-order chi connectivity index (χ1) is 14.5. The fourth-order valence-electron chi connectivity index (χ4n) is 1.94. The van der Waals surface area contributed by atoms with Gasteiger partial charge in [-0.3, -0.25) is 5.32 Å². The lowest BCUT2D eigenvalue weighted by Gasteiger charge is -2.11. The van der Waals surface area contributed by atoms with E-state index in [9.17, 15) is 14.4 Å². The molecular formula is C21H24N2O7. The van der Waals surface area contributed by atoms with Crippen molar-refractivity contribution >= 4 is 18.2 Å². The van der Waals surface area contributed by atoms with Crippen molar-refractivity contribution in [2.75, 3.05) is 6.61 Å². The van der Waals surface area contributed by atoms with Crippen molar-refractivity contribution in [1.82, 2.24) is 10.6 Å². The van der Waals surface area contributed by atoms with E-state index >= 15 is 0 Å². The van der Waals surface area contributed by atoms with Gasteiger partial charge >= 0.3 is 18.2 Å². The minimum absolute atomic E-state index is 0.0461. The lowest BCUT2D eigenvalue weighted by molar-refractivity contribution is -0.140. The van der Waals surface area contributed by atoms with Crippen molar-refractivity contribution in [3.05, 3.63) is 84.6 Å². The van der Waals surface area contributed by atoms with Gasteiger partial charge < -0.3 is 25.0 Å². The number of benzene rings is 2. The van der Waals surface area contributed by atoms with E-state index in [0.29, 0.717) is 0 Å². The highest BCUT2D eigenvalue weighted by Gasteiger charge is 2.19. The Balaban J connectivity index is 0.000000311. The molecule has 0 unspecified atom stereocenters. The Morgan fingerprint density at radius 1 is 0.900 bits per heavy atom. The molecule has 0 fully saturated rings. The van der Waals surface area contributed by atoms with Gasteiger partial charge in [0, 0.05) is 0 Å². The van der Waals surface area contributed by atoms with Crippen LogP contribution in [0, 0.1) is 0 Å². The van der Waals surface area contributed by atoms with E-state index in [0.717, 1.165) is 11.1 Å². The third kappa shape index (κ3) is 10.5.